The summed E-state index contributed by atoms with van der Waals surface area (Å²) in [5.41, 5.74) is 0. The van der Waals surface area contributed by atoms with E-state index in [2.05, 4.69) is 10.1 Å². The summed E-state index contributed by atoms with van der Waals surface area (Å²) in [4.78, 5) is 10.7. The quantitative estimate of drug-likeness (QED) is 0.808. The van der Waals surface area contributed by atoms with Gasteiger partial charge in [0, 0.05) is 11.8 Å². The van der Waals surface area contributed by atoms with E-state index in [-0.39, 0.29) is 0 Å². The third-order valence-electron chi connectivity index (χ3n) is 1.59. The molecule has 15 heavy (non-hydrogen) atoms. The number of hydrogen-bond donors (Lipinski definition) is 1. The first-order chi connectivity index (χ1) is 6.85. The molecule has 0 spiro atoms. The van der Waals surface area contributed by atoms with Crippen molar-refractivity contribution in [2.75, 3.05) is 19.4 Å². The van der Waals surface area contributed by atoms with Gasteiger partial charge in [-0.15, -0.1) is 0 Å². The number of halogens is 3. The molecule has 0 aliphatic heterocycles. The standard InChI is InChI=1S/C8H14F3NO2S/c1-6(15-2)3-4-12-7(13)14-5-8(9,10)11/h6H,3-5H2,1-2H3,(H,12,13). The van der Waals surface area contributed by atoms with E-state index in [1.165, 1.54) is 0 Å². The van der Waals surface area contributed by atoms with Crippen molar-refractivity contribution in [1.29, 1.82) is 0 Å². The third-order valence-corrected chi connectivity index (χ3v) is 2.63. The lowest BCUT2D eigenvalue weighted by Gasteiger charge is -2.10. The van der Waals surface area contributed by atoms with Gasteiger partial charge < -0.3 is 10.1 Å². The van der Waals surface area contributed by atoms with Crippen molar-refractivity contribution in [2.24, 2.45) is 0 Å². The summed E-state index contributed by atoms with van der Waals surface area (Å²) in [6, 6.07) is 0. The van der Waals surface area contributed by atoms with Crippen molar-refractivity contribution in [3.8, 4) is 0 Å². The van der Waals surface area contributed by atoms with Gasteiger partial charge in [-0.1, -0.05) is 6.92 Å². The Morgan fingerprint density at radius 3 is 2.60 bits per heavy atom. The van der Waals surface area contributed by atoms with Crippen LogP contribution in [0.5, 0.6) is 0 Å². The highest BCUT2D eigenvalue weighted by Gasteiger charge is 2.29. The minimum atomic E-state index is -4.47. The number of rotatable bonds is 5. The molecular formula is C8H14F3NO2S. The van der Waals surface area contributed by atoms with Gasteiger partial charge in [0.05, 0.1) is 0 Å². The van der Waals surface area contributed by atoms with Crippen LogP contribution in [-0.4, -0.2) is 36.9 Å². The van der Waals surface area contributed by atoms with Gasteiger partial charge in [0.15, 0.2) is 6.61 Å². The molecule has 0 aromatic heterocycles. The monoisotopic (exact) mass is 245 g/mol. The fraction of sp³-hybridized carbons (Fsp3) is 0.875. The van der Waals surface area contributed by atoms with Crippen molar-refractivity contribution in [3.63, 3.8) is 0 Å². The predicted octanol–water partition coefficient (Wildman–Crippen LogP) is 2.42. The van der Waals surface area contributed by atoms with Gasteiger partial charge in [-0.2, -0.15) is 24.9 Å². The Hall–Kier alpha value is -0.590. The summed E-state index contributed by atoms with van der Waals surface area (Å²) in [5, 5.41) is 2.60. The first-order valence-electron chi connectivity index (χ1n) is 4.35. The molecule has 1 unspecified atom stereocenters. The van der Waals surface area contributed by atoms with Crippen LogP contribution in [0.25, 0.3) is 0 Å². The van der Waals surface area contributed by atoms with Crippen LogP contribution in [0.4, 0.5) is 18.0 Å². The molecule has 0 radical (unpaired) electrons. The fourth-order valence-electron chi connectivity index (χ4n) is 0.694. The van der Waals surface area contributed by atoms with E-state index < -0.39 is 18.9 Å². The van der Waals surface area contributed by atoms with Crippen LogP contribution in [-0.2, 0) is 4.74 Å². The van der Waals surface area contributed by atoms with Crippen molar-refractivity contribution in [3.05, 3.63) is 0 Å². The van der Waals surface area contributed by atoms with E-state index in [9.17, 15) is 18.0 Å². The Morgan fingerprint density at radius 1 is 1.53 bits per heavy atom. The van der Waals surface area contributed by atoms with Crippen LogP contribution in [0.2, 0.25) is 0 Å². The lowest BCUT2D eigenvalue weighted by molar-refractivity contribution is -0.160. The zero-order valence-electron chi connectivity index (χ0n) is 8.56. The van der Waals surface area contributed by atoms with E-state index in [1.807, 2.05) is 13.2 Å². The summed E-state index contributed by atoms with van der Waals surface area (Å²) in [5.74, 6) is 0. The molecule has 0 heterocycles. The topological polar surface area (TPSA) is 38.3 Å². The highest BCUT2D eigenvalue weighted by atomic mass is 32.2. The zero-order valence-corrected chi connectivity index (χ0v) is 9.37. The number of ether oxygens (including phenoxy) is 1. The van der Waals surface area contributed by atoms with Crippen LogP contribution >= 0.6 is 11.8 Å². The molecule has 1 amide bonds. The number of carbonyl (C=O) groups is 1. The SMILES string of the molecule is CSC(C)CCNC(=O)OCC(F)(F)F. The zero-order chi connectivity index (χ0) is 11.9. The molecule has 1 N–H and O–H groups in total. The number of hydrogen-bond acceptors (Lipinski definition) is 3. The Morgan fingerprint density at radius 2 is 2.13 bits per heavy atom. The van der Waals surface area contributed by atoms with Crippen LogP contribution in [0.3, 0.4) is 0 Å². The first kappa shape index (κ1) is 14.4. The summed E-state index contributed by atoms with van der Waals surface area (Å²) < 4.78 is 38.8. The minimum Gasteiger partial charge on any atom is -0.440 e. The number of nitrogens with one attached hydrogen (secondary N) is 1. The molecule has 0 aromatic carbocycles. The van der Waals surface area contributed by atoms with Crippen LogP contribution in [0.15, 0.2) is 0 Å². The van der Waals surface area contributed by atoms with Crippen molar-refractivity contribution >= 4 is 17.9 Å². The molecule has 0 aromatic rings. The third kappa shape index (κ3) is 9.71. The Kier molecular flexibility index (Phi) is 6.55. The number of alkyl carbamates (subject to hydrolysis) is 1. The minimum absolute atomic E-state index is 0.318. The Labute approximate surface area is 90.7 Å². The summed E-state index contributed by atoms with van der Waals surface area (Å²) in [7, 11) is 0. The van der Waals surface area contributed by atoms with Gasteiger partial charge in [-0.05, 0) is 12.7 Å². The van der Waals surface area contributed by atoms with Crippen molar-refractivity contribution < 1.29 is 22.7 Å². The number of amides is 1. The second-order valence-electron chi connectivity index (χ2n) is 2.95. The second kappa shape index (κ2) is 6.81. The van der Waals surface area contributed by atoms with Gasteiger partial charge in [-0.3, -0.25) is 0 Å². The van der Waals surface area contributed by atoms with E-state index in [0.29, 0.717) is 18.2 Å². The lowest BCUT2D eigenvalue weighted by atomic mass is 10.3. The number of thioether (sulfide) groups is 1. The highest BCUT2D eigenvalue weighted by molar-refractivity contribution is 7.99. The normalized spacial score (nSPS) is 13.4. The van der Waals surface area contributed by atoms with E-state index in [4.69, 9.17) is 0 Å². The van der Waals surface area contributed by atoms with E-state index >= 15 is 0 Å². The van der Waals surface area contributed by atoms with Gasteiger partial charge in [-0.25, -0.2) is 4.79 Å². The van der Waals surface area contributed by atoms with Gasteiger partial charge in [0.25, 0.3) is 0 Å². The summed E-state index contributed by atoms with van der Waals surface area (Å²) in [6.45, 7) is 0.739. The maximum absolute atomic E-state index is 11.6. The molecule has 0 aliphatic rings. The molecule has 90 valence electrons. The molecule has 0 rings (SSSR count). The predicted molar refractivity (Wildman–Crippen MR) is 53.0 cm³/mol. The molecule has 0 aliphatic carbocycles. The lowest BCUT2D eigenvalue weighted by Crippen LogP contribution is -2.30. The van der Waals surface area contributed by atoms with Crippen LogP contribution in [0, 0.1) is 0 Å². The average molecular weight is 245 g/mol. The molecule has 0 fully saturated rings. The fourth-order valence-corrected chi connectivity index (χ4v) is 1.05. The summed E-state index contributed by atoms with van der Waals surface area (Å²) >= 11 is 1.62. The summed E-state index contributed by atoms with van der Waals surface area (Å²) in [6.07, 6.45) is -2.88. The van der Waals surface area contributed by atoms with Gasteiger partial charge in [0.2, 0.25) is 0 Å². The molecule has 0 saturated carbocycles. The van der Waals surface area contributed by atoms with E-state index in [1.54, 1.807) is 11.8 Å². The van der Waals surface area contributed by atoms with Crippen molar-refractivity contribution in [2.45, 2.75) is 24.8 Å². The average Bonchev–Trinajstić information content (AvgIpc) is 2.13. The number of alkyl halides is 3. The molecular weight excluding hydrogens is 231 g/mol. The number of carbonyl (C=O) groups excluding carboxylic acids is 1. The smallest absolute Gasteiger partial charge is 0.422 e. The first-order valence-corrected chi connectivity index (χ1v) is 5.64. The maximum Gasteiger partial charge on any atom is 0.422 e. The maximum atomic E-state index is 11.6. The van der Waals surface area contributed by atoms with Gasteiger partial charge >= 0.3 is 12.3 Å². The largest absolute Gasteiger partial charge is 0.440 e. The second-order valence-corrected chi connectivity index (χ2v) is 4.23. The highest BCUT2D eigenvalue weighted by Crippen LogP contribution is 2.14. The molecule has 0 saturated heterocycles. The molecule has 1 atom stereocenters. The van der Waals surface area contributed by atoms with Gasteiger partial charge in [0.1, 0.15) is 0 Å². The Balaban J connectivity index is 3.50. The van der Waals surface area contributed by atoms with Crippen LogP contribution < -0.4 is 5.32 Å². The van der Waals surface area contributed by atoms with Crippen LogP contribution in [0.1, 0.15) is 13.3 Å². The molecule has 7 heteroatoms. The Bertz CT molecular complexity index is 199. The van der Waals surface area contributed by atoms with E-state index in [0.717, 1.165) is 0 Å². The van der Waals surface area contributed by atoms with Crippen molar-refractivity contribution in [1.82, 2.24) is 5.32 Å². The molecule has 3 nitrogen and oxygen atoms in total. The molecule has 0 bridgehead atoms.